The number of aliphatic carboxylic acids is 1. The van der Waals surface area contributed by atoms with Crippen molar-refractivity contribution in [2.75, 3.05) is 0 Å². The highest BCUT2D eigenvalue weighted by Gasteiger charge is 2.80. The van der Waals surface area contributed by atoms with E-state index in [0.29, 0.717) is 6.92 Å². The number of carboxylic acids is 1. The molecular weight excluding hydrogens is 333 g/mol. The van der Waals surface area contributed by atoms with E-state index in [1.165, 1.54) is 18.2 Å². The normalized spacial score (nSPS) is 17.4. The van der Waals surface area contributed by atoms with Gasteiger partial charge in [0.1, 0.15) is 5.41 Å². The fourth-order valence-corrected chi connectivity index (χ4v) is 2.23. The van der Waals surface area contributed by atoms with Crippen LogP contribution in [0.3, 0.4) is 0 Å². The molecule has 2 atom stereocenters. The van der Waals surface area contributed by atoms with Crippen LogP contribution in [0.25, 0.3) is 0 Å². The van der Waals surface area contributed by atoms with Gasteiger partial charge in [-0.25, -0.2) is 4.79 Å². The second-order valence-electron chi connectivity index (χ2n) is 5.29. The van der Waals surface area contributed by atoms with Crippen LogP contribution in [0.1, 0.15) is 25.3 Å². The molecule has 0 spiro atoms. The summed E-state index contributed by atoms with van der Waals surface area (Å²) in [5.74, 6) is -17.2. The van der Waals surface area contributed by atoms with E-state index in [2.05, 4.69) is 0 Å². The molecule has 0 aromatic heterocycles. The maximum atomic E-state index is 14.1. The minimum absolute atomic E-state index is 0.0957. The van der Waals surface area contributed by atoms with Gasteiger partial charge in [-0.1, -0.05) is 37.3 Å². The molecule has 0 aliphatic carbocycles. The van der Waals surface area contributed by atoms with E-state index >= 15 is 0 Å². The largest absolute Gasteiger partial charge is 0.477 e. The maximum Gasteiger partial charge on any atom is 0.405 e. The molecule has 1 aromatic rings. The molecule has 0 fully saturated rings. The molecule has 0 aliphatic rings. The lowest BCUT2D eigenvalue weighted by Crippen LogP contribution is -2.63. The molecule has 0 saturated heterocycles. The highest BCUT2D eigenvalue weighted by Crippen LogP contribution is 2.61. The molecule has 9 heteroatoms. The van der Waals surface area contributed by atoms with Gasteiger partial charge in [-0.15, -0.1) is 0 Å². The van der Waals surface area contributed by atoms with Gasteiger partial charge in [0.2, 0.25) is 0 Å². The van der Waals surface area contributed by atoms with Crippen LogP contribution in [-0.4, -0.2) is 29.1 Å². The number of hydrogen-bond acceptors (Lipinski definition) is 1. The van der Waals surface area contributed by atoms with Crippen molar-refractivity contribution in [3.63, 3.8) is 0 Å². The molecule has 0 saturated carbocycles. The molecule has 0 heterocycles. The Bertz CT molecular complexity index is 568. The van der Waals surface area contributed by atoms with Crippen LogP contribution >= 0.6 is 0 Å². The quantitative estimate of drug-likeness (QED) is 0.784. The van der Waals surface area contributed by atoms with Crippen LogP contribution in [0.5, 0.6) is 0 Å². The van der Waals surface area contributed by atoms with Crippen LogP contribution in [0.4, 0.5) is 30.7 Å². The summed E-state index contributed by atoms with van der Waals surface area (Å²) in [5, 5.41) is 8.26. The molecule has 130 valence electrons. The summed E-state index contributed by atoms with van der Waals surface area (Å²) in [4.78, 5) is 10.4. The van der Waals surface area contributed by atoms with E-state index in [-0.39, 0.29) is 12.5 Å². The first kappa shape index (κ1) is 19.2. The van der Waals surface area contributed by atoms with Crippen molar-refractivity contribution in [3.8, 4) is 0 Å². The Balaban J connectivity index is 3.60. The van der Waals surface area contributed by atoms with E-state index in [1.54, 1.807) is 0 Å². The number of carboxylic acid groups (broad SMARTS) is 1. The zero-order chi connectivity index (χ0) is 18.3. The Morgan fingerprint density at radius 1 is 1.00 bits per heavy atom. The molecule has 0 amide bonds. The average Bonchev–Trinajstić information content (AvgIpc) is 2.44. The Morgan fingerprint density at radius 3 is 1.78 bits per heavy atom. The van der Waals surface area contributed by atoms with E-state index in [4.69, 9.17) is 5.11 Å². The summed E-state index contributed by atoms with van der Waals surface area (Å²) in [6.45, 7) is 0.607. The van der Waals surface area contributed by atoms with Crippen LogP contribution < -0.4 is 0 Å². The standard InChI is InChI=1S/C14H13F7O2/c1-8(9-6-4-3-5-7-9)11(2,14(19,20)21)13(17,18)12(15,16)10(22)23/h3-8H,1-2H3,(H,22,23). The Hall–Kier alpha value is -1.80. The summed E-state index contributed by atoms with van der Waals surface area (Å²) >= 11 is 0. The van der Waals surface area contributed by atoms with Crippen molar-refractivity contribution >= 4 is 5.97 Å². The predicted octanol–water partition coefficient (Wildman–Crippen LogP) is 4.71. The number of halogens is 7. The highest BCUT2D eigenvalue weighted by atomic mass is 19.4. The fourth-order valence-electron chi connectivity index (χ4n) is 2.23. The fraction of sp³-hybridized carbons (Fsp3) is 0.500. The van der Waals surface area contributed by atoms with Crippen molar-refractivity contribution < 1.29 is 40.6 Å². The summed E-state index contributed by atoms with van der Waals surface area (Å²) in [5.41, 5.74) is -4.57. The van der Waals surface area contributed by atoms with Gasteiger partial charge < -0.3 is 5.11 Å². The monoisotopic (exact) mass is 346 g/mol. The number of alkyl halides is 7. The minimum Gasteiger partial charge on any atom is -0.477 e. The third-order valence-electron chi connectivity index (χ3n) is 4.07. The van der Waals surface area contributed by atoms with Crippen molar-refractivity contribution in [2.45, 2.75) is 37.8 Å². The predicted molar refractivity (Wildman–Crippen MR) is 66.5 cm³/mol. The van der Waals surface area contributed by atoms with Gasteiger partial charge in [-0.2, -0.15) is 30.7 Å². The van der Waals surface area contributed by atoms with E-state index in [1.807, 2.05) is 0 Å². The molecule has 0 radical (unpaired) electrons. The van der Waals surface area contributed by atoms with Crippen molar-refractivity contribution in [1.29, 1.82) is 0 Å². The lowest BCUT2D eigenvalue weighted by atomic mass is 9.67. The van der Waals surface area contributed by atoms with Gasteiger partial charge in [0.15, 0.2) is 0 Å². The van der Waals surface area contributed by atoms with E-state index in [0.717, 1.165) is 12.1 Å². The Kier molecular flexibility index (Phi) is 4.76. The maximum absolute atomic E-state index is 14.1. The van der Waals surface area contributed by atoms with Gasteiger partial charge in [-0.05, 0) is 12.5 Å². The molecule has 1 N–H and O–H groups in total. The Labute approximate surface area is 126 Å². The van der Waals surface area contributed by atoms with E-state index < -0.39 is 35.3 Å². The van der Waals surface area contributed by atoms with Crippen LogP contribution in [0.15, 0.2) is 30.3 Å². The summed E-state index contributed by atoms with van der Waals surface area (Å²) in [6.07, 6.45) is -5.79. The van der Waals surface area contributed by atoms with Crippen molar-refractivity contribution in [1.82, 2.24) is 0 Å². The van der Waals surface area contributed by atoms with Gasteiger partial charge in [0.05, 0.1) is 0 Å². The lowest BCUT2D eigenvalue weighted by Gasteiger charge is -2.44. The van der Waals surface area contributed by atoms with Gasteiger partial charge in [0.25, 0.3) is 0 Å². The Morgan fingerprint density at radius 2 is 1.43 bits per heavy atom. The zero-order valence-electron chi connectivity index (χ0n) is 12.0. The zero-order valence-corrected chi connectivity index (χ0v) is 12.0. The molecule has 2 unspecified atom stereocenters. The molecule has 0 bridgehead atoms. The molecular formula is C14H13F7O2. The number of carbonyl (C=O) groups is 1. The first-order chi connectivity index (χ1) is 10.2. The van der Waals surface area contributed by atoms with E-state index in [9.17, 15) is 35.5 Å². The second-order valence-corrected chi connectivity index (χ2v) is 5.29. The molecule has 1 aromatic carbocycles. The lowest BCUT2D eigenvalue weighted by molar-refractivity contribution is -0.347. The van der Waals surface area contributed by atoms with Crippen LogP contribution in [0, 0.1) is 5.41 Å². The van der Waals surface area contributed by atoms with Crippen molar-refractivity contribution in [2.24, 2.45) is 5.41 Å². The van der Waals surface area contributed by atoms with Crippen LogP contribution in [-0.2, 0) is 4.79 Å². The number of rotatable bonds is 5. The van der Waals surface area contributed by atoms with Gasteiger partial charge in [-0.3, -0.25) is 0 Å². The second kappa shape index (κ2) is 5.68. The highest BCUT2D eigenvalue weighted by molar-refractivity contribution is 5.77. The summed E-state index contributed by atoms with van der Waals surface area (Å²) < 4.78 is 94.9. The minimum atomic E-state index is -5.89. The summed E-state index contributed by atoms with van der Waals surface area (Å²) in [6, 6.07) is 6.07. The third-order valence-corrected chi connectivity index (χ3v) is 4.07. The first-order valence-corrected chi connectivity index (χ1v) is 6.32. The SMILES string of the molecule is CC(c1ccccc1)C(C)(C(F)(F)F)C(F)(F)C(F)(F)C(=O)O. The average molecular weight is 346 g/mol. The van der Waals surface area contributed by atoms with Crippen LogP contribution in [0.2, 0.25) is 0 Å². The molecule has 0 aliphatic heterocycles. The number of benzene rings is 1. The van der Waals surface area contributed by atoms with Gasteiger partial charge >= 0.3 is 24.0 Å². The summed E-state index contributed by atoms with van der Waals surface area (Å²) in [7, 11) is 0. The first-order valence-electron chi connectivity index (χ1n) is 6.32. The topological polar surface area (TPSA) is 37.3 Å². The van der Waals surface area contributed by atoms with Gasteiger partial charge in [0, 0.05) is 5.92 Å². The third kappa shape index (κ3) is 2.76. The molecule has 1 rings (SSSR count). The van der Waals surface area contributed by atoms with Crippen molar-refractivity contribution in [3.05, 3.63) is 35.9 Å². The number of hydrogen-bond donors (Lipinski definition) is 1. The molecule has 2 nitrogen and oxygen atoms in total. The smallest absolute Gasteiger partial charge is 0.405 e. The molecule has 23 heavy (non-hydrogen) atoms.